The van der Waals surface area contributed by atoms with Gasteiger partial charge in [-0.05, 0) is 18.6 Å². The first-order valence-electron chi connectivity index (χ1n) is 8.46. The lowest BCUT2D eigenvalue weighted by Gasteiger charge is -2.16. The molecular weight excluding hydrogens is 430 g/mol. The van der Waals surface area contributed by atoms with Crippen molar-refractivity contribution < 1.29 is 27.5 Å². The fourth-order valence-corrected chi connectivity index (χ4v) is 3.84. The van der Waals surface area contributed by atoms with Gasteiger partial charge >= 0.3 is 17.8 Å². The van der Waals surface area contributed by atoms with Gasteiger partial charge in [0.2, 0.25) is 0 Å². The van der Waals surface area contributed by atoms with E-state index < -0.39 is 45.8 Å². The normalized spacial score (nSPS) is 12.4. The molecule has 1 N–H and O–H groups in total. The fraction of sp³-hybridized carbons (Fsp3) is 0.333. The average Bonchev–Trinajstić information content (AvgIpc) is 2.65. The van der Waals surface area contributed by atoms with Crippen molar-refractivity contribution in [1.29, 1.82) is 5.26 Å². The van der Waals surface area contributed by atoms with Gasteiger partial charge in [0.15, 0.2) is 0 Å². The average molecular weight is 445 g/mol. The van der Waals surface area contributed by atoms with E-state index in [-0.39, 0.29) is 32.1 Å². The van der Waals surface area contributed by atoms with Crippen LogP contribution in [-0.4, -0.2) is 25.5 Å². The third-order valence-electron chi connectivity index (χ3n) is 4.12. The Kier molecular flexibility index (Phi) is 6.77. The van der Waals surface area contributed by atoms with Gasteiger partial charge in [0, 0.05) is 18.0 Å². The Morgan fingerprint density at radius 3 is 2.43 bits per heavy atom. The van der Waals surface area contributed by atoms with Crippen molar-refractivity contribution in [3.63, 3.8) is 0 Å². The lowest BCUT2D eigenvalue weighted by molar-refractivity contribution is -0.144. The van der Waals surface area contributed by atoms with Crippen LogP contribution in [0, 0.1) is 17.1 Å². The number of nitrogens with zero attached hydrogens (tertiary/aromatic N) is 3. The molecule has 1 unspecified atom stereocenters. The maximum absolute atomic E-state index is 14.6. The number of aromatic nitrogens is 2. The summed E-state index contributed by atoms with van der Waals surface area (Å²) in [4.78, 5) is 36.0. The molecule has 0 aliphatic rings. The summed E-state index contributed by atoms with van der Waals surface area (Å²) >= 11 is 0.721. The van der Waals surface area contributed by atoms with Gasteiger partial charge in [0.1, 0.15) is 22.8 Å². The van der Waals surface area contributed by atoms with Crippen molar-refractivity contribution in [2.24, 2.45) is 7.05 Å². The van der Waals surface area contributed by atoms with Gasteiger partial charge in [0.05, 0.1) is 11.3 Å². The number of carboxylic acid groups (broad SMARTS) is 1. The molecule has 0 bridgehead atoms. The minimum Gasteiger partial charge on any atom is -0.480 e. The number of aliphatic carboxylic acids is 1. The maximum Gasteiger partial charge on any atom is 0.431 e. The highest BCUT2D eigenvalue weighted by molar-refractivity contribution is 8.00. The number of benzene rings is 1. The summed E-state index contributed by atoms with van der Waals surface area (Å²) < 4.78 is 53.9. The summed E-state index contributed by atoms with van der Waals surface area (Å²) in [6, 6.07) is 3.47. The van der Waals surface area contributed by atoms with Gasteiger partial charge in [-0.2, -0.15) is 18.4 Å². The van der Waals surface area contributed by atoms with Crippen molar-refractivity contribution >= 4 is 17.7 Å². The summed E-state index contributed by atoms with van der Waals surface area (Å²) in [5, 5.41) is 17.5. The largest absolute Gasteiger partial charge is 0.480 e. The highest BCUT2D eigenvalue weighted by atomic mass is 32.2. The van der Waals surface area contributed by atoms with E-state index in [1.807, 2.05) is 0 Å². The molecular formula is C18H15F4N3O4S. The number of hydrogen-bond acceptors (Lipinski definition) is 5. The number of carboxylic acids is 1. The van der Waals surface area contributed by atoms with Crippen molar-refractivity contribution in [1.82, 2.24) is 9.13 Å². The molecule has 30 heavy (non-hydrogen) atoms. The predicted molar refractivity (Wildman–Crippen MR) is 99.1 cm³/mol. The topological polar surface area (TPSA) is 105 Å². The third-order valence-corrected chi connectivity index (χ3v) is 5.43. The Labute approximate surface area is 171 Å². The number of thioether (sulfide) groups is 1. The van der Waals surface area contributed by atoms with E-state index >= 15 is 0 Å². The molecule has 1 atom stereocenters. The summed E-state index contributed by atoms with van der Waals surface area (Å²) in [7, 11) is 0.778. The Balaban J connectivity index is 2.74. The minimum atomic E-state index is -4.98. The molecule has 0 aliphatic carbocycles. The van der Waals surface area contributed by atoms with Crippen LogP contribution in [0.5, 0.6) is 0 Å². The van der Waals surface area contributed by atoms with Gasteiger partial charge in [-0.15, -0.1) is 11.8 Å². The van der Waals surface area contributed by atoms with E-state index in [1.165, 1.54) is 0 Å². The molecule has 0 radical (unpaired) electrons. The molecule has 7 nitrogen and oxygen atoms in total. The van der Waals surface area contributed by atoms with Crippen molar-refractivity contribution in [3.05, 3.63) is 56.1 Å². The number of alkyl halides is 3. The second-order valence-electron chi connectivity index (χ2n) is 6.19. The second-order valence-corrected chi connectivity index (χ2v) is 7.43. The molecule has 0 aliphatic heterocycles. The lowest BCUT2D eigenvalue weighted by atomic mass is 10.2. The molecule has 0 fully saturated rings. The van der Waals surface area contributed by atoms with Crippen molar-refractivity contribution in [2.75, 3.05) is 0 Å². The smallest absolute Gasteiger partial charge is 0.431 e. The number of nitriles is 1. The first-order chi connectivity index (χ1) is 13.9. The summed E-state index contributed by atoms with van der Waals surface area (Å²) in [5.74, 6) is -2.38. The number of halogens is 4. The van der Waals surface area contributed by atoms with E-state index in [0.717, 1.165) is 24.9 Å². The summed E-state index contributed by atoms with van der Waals surface area (Å²) in [6.07, 6.45) is -4.26. The van der Waals surface area contributed by atoms with Gasteiger partial charge < -0.3 is 5.11 Å². The second kappa shape index (κ2) is 8.74. The van der Waals surface area contributed by atoms with Crippen LogP contribution in [0.25, 0.3) is 5.69 Å². The summed E-state index contributed by atoms with van der Waals surface area (Å²) in [6.45, 7) is 1.74. The molecule has 12 heteroatoms. The third kappa shape index (κ3) is 4.56. The van der Waals surface area contributed by atoms with E-state index in [1.54, 1.807) is 13.0 Å². The predicted octanol–water partition coefficient (Wildman–Crippen LogP) is 2.91. The van der Waals surface area contributed by atoms with Gasteiger partial charge in [-0.3, -0.25) is 14.2 Å². The standard InChI is InChI=1S/C18H15F4N3O4S/c1-3-4-12(16(27)28)30-13-6-11(10(19)5-9(13)8-23)25-15(26)7-14(18(20,21)22)24(2)17(25)29/h5-7,12H,3-4H2,1-2H3,(H,27,28). The highest BCUT2D eigenvalue weighted by Crippen LogP contribution is 2.32. The van der Waals surface area contributed by atoms with E-state index in [2.05, 4.69) is 0 Å². The van der Waals surface area contributed by atoms with E-state index in [0.29, 0.717) is 12.5 Å². The highest BCUT2D eigenvalue weighted by Gasteiger charge is 2.35. The molecule has 0 amide bonds. The molecule has 2 rings (SSSR count). The molecule has 2 aromatic rings. The Hall–Kier alpha value is -3.07. The van der Waals surface area contributed by atoms with Gasteiger partial charge in [0.25, 0.3) is 5.56 Å². The van der Waals surface area contributed by atoms with Gasteiger partial charge in [-0.1, -0.05) is 13.3 Å². The Bertz CT molecular complexity index is 1150. The van der Waals surface area contributed by atoms with Crippen LogP contribution in [0.2, 0.25) is 0 Å². The maximum atomic E-state index is 14.6. The van der Waals surface area contributed by atoms with E-state index in [4.69, 9.17) is 0 Å². The zero-order valence-corrected chi connectivity index (χ0v) is 16.5. The zero-order valence-electron chi connectivity index (χ0n) is 15.7. The zero-order chi connectivity index (χ0) is 22.8. The SMILES string of the molecule is CCCC(Sc1cc(-n2c(=O)cc(C(F)(F)F)n(C)c2=O)c(F)cc1C#N)C(=O)O. The van der Waals surface area contributed by atoms with Crippen LogP contribution in [0.4, 0.5) is 17.6 Å². The number of rotatable bonds is 6. The van der Waals surface area contributed by atoms with Crippen molar-refractivity contribution in [3.8, 4) is 11.8 Å². The fourth-order valence-electron chi connectivity index (χ4n) is 2.67. The molecule has 1 heterocycles. The lowest BCUT2D eigenvalue weighted by Crippen LogP contribution is -2.41. The number of hydrogen-bond donors (Lipinski definition) is 1. The number of carbonyl (C=O) groups is 1. The molecule has 1 aromatic heterocycles. The van der Waals surface area contributed by atoms with Crippen LogP contribution in [0.1, 0.15) is 31.0 Å². The Morgan fingerprint density at radius 1 is 1.30 bits per heavy atom. The van der Waals surface area contributed by atoms with Crippen molar-refractivity contribution in [2.45, 2.75) is 36.1 Å². The Morgan fingerprint density at radius 2 is 1.93 bits per heavy atom. The molecule has 160 valence electrons. The summed E-state index contributed by atoms with van der Waals surface area (Å²) in [5.41, 5.74) is -5.30. The first kappa shape index (κ1) is 23.2. The van der Waals surface area contributed by atoms with Crippen LogP contribution >= 0.6 is 11.8 Å². The van der Waals surface area contributed by atoms with Crippen LogP contribution < -0.4 is 11.2 Å². The first-order valence-corrected chi connectivity index (χ1v) is 9.34. The monoisotopic (exact) mass is 445 g/mol. The molecule has 1 aromatic carbocycles. The quantitative estimate of drug-likeness (QED) is 0.542. The van der Waals surface area contributed by atoms with Crippen LogP contribution in [0.15, 0.2) is 32.7 Å². The van der Waals surface area contributed by atoms with Crippen LogP contribution in [0.3, 0.4) is 0 Å². The van der Waals surface area contributed by atoms with E-state index in [9.17, 15) is 42.3 Å². The molecule has 0 spiro atoms. The van der Waals surface area contributed by atoms with Gasteiger partial charge in [-0.25, -0.2) is 13.8 Å². The molecule has 0 saturated heterocycles. The van der Waals surface area contributed by atoms with Crippen LogP contribution in [-0.2, 0) is 18.0 Å². The minimum absolute atomic E-state index is 0.0244. The molecule has 0 saturated carbocycles.